The third-order valence-corrected chi connectivity index (χ3v) is 5.05. The Morgan fingerprint density at radius 1 is 1.03 bits per heavy atom. The molecule has 0 spiro atoms. The molecule has 0 radical (unpaired) electrons. The van der Waals surface area contributed by atoms with E-state index in [4.69, 9.17) is 16.3 Å². The highest BCUT2D eigenvalue weighted by Crippen LogP contribution is 2.35. The molecule has 2 amide bonds. The van der Waals surface area contributed by atoms with Gasteiger partial charge in [0.1, 0.15) is 17.3 Å². The smallest absolute Gasteiger partial charge is 0.278 e. The Bertz CT molecular complexity index is 1180. The maximum absolute atomic E-state index is 13.5. The van der Waals surface area contributed by atoms with Crippen LogP contribution in [-0.2, 0) is 16.1 Å². The molecule has 0 fully saturated rings. The van der Waals surface area contributed by atoms with Crippen LogP contribution in [0, 0.1) is 5.82 Å². The van der Waals surface area contributed by atoms with Gasteiger partial charge in [0.05, 0.1) is 24.9 Å². The lowest BCUT2D eigenvalue weighted by atomic mass is 10.0. The Labute approximate surface area is 182 Å². The van der Waals surface area contributed by atoms with Crippen molar-refractivity contribution in [3.63, 3.8) is 0 Å². The number of hydrogen-bond donors (Lipinski definition) is 1. The van der Waals surface area contributed by atoms with Gasteiger partial charge in [-0.2, -0.15) is 0 Å². The van der Waals surface area contributed by atoms with Crippen LogP contribution in [0.5, 0.6) is 5.75 Å². The summed E-state index contributed by atoms with van der Waals surface area (Å²) in [4.78, 5) is 31.6. The molecule has 8 heteroatoms. The first kappa shape index (κ1) is 20.6. The van der Waals surface area contributed by atoms with Gasteiger partial charge in [0.25, 0.3) is 11.8 Å². The Balaban J connectivity index is 1.78. The molecule has 6 nitrogen and oxygen atoms in total. The number of nitrogens with zero attached hydrogens (tertiary/aromatic N) is 2. The topological polar surface area (TPSA) is 71.5 Å². The van der Waals surface area contributed by atoms with Gasteiger partial charge in [-0.1, -0.05) is 23.7 Å². The lowest BCUT2D eigenvalue weighted by Gasteiger charge is -2.16. The number of amides is 2. The highest BCUT2D eigenvalue weighted by atomic mass is 35.5. The van der Waals surface area contributed by atoms with Crippen molar-refractivity contribution >= 4 is 34.7 Å². The van der Waals surface area contributed by atoms with Crippen molar-refractivity contribution in [2.24, 2.45) is 0 Å². The number of rotatable bonds is 6. The molecule has 1 aromatic heterocycles. The van der Waals surface area contributed by atoms with Gasteiger partial charge in [0.2, 0.25) is 0 Å². The predicted octanol–water partition coefficient (Wildman–Crippen LogP) is 4.27. The second-order valence-electron chi connectivity index (χ2n) is 6.78. The molecule has 0 atom stereocenters. The fraction of sp³-hybridized carbons (Fsp3) is 0.0870. The third-order valence-electron chi connectivity index (χ3n) is 4.81. The van der Waals surface area contributed by atoms with E-state index < -0.39 is 17.6 Å². The average molecular weight is 438 g/mol. The first-order valence-corrected chi connectivity index (χ1v) is 9.71. The first-order chi connectivity index (χ1) is 15.0. The minimum atomic E-state index is -0.511. The second-order valence-corrected chi connectivity index (χ2v) is 7.21. The maximum atomic E-state index is 13.5. The maximum Gasteiger partial charge on any atom is 0.278 e. The van der Waals surface area contributed by atoms with E-state index in [1.807, 2.05) is 0 Å². The number of nitrogens with one attached hydrogen (secondary N) is 1. The number of carbonyl (C=O) groups is 2. The highest BCUT2D eigenvalue weighted by Gasteiger charge is 2.39. The molecular weight excluding hydrogens is 421 g/mol. The van der Waals surface area contributed by atoms with Crippen LogP contribution in [0.3, 0.4) is 0 Å². The van der Waals surface area contributed by atoms with Gasteiger partial charge < -0.3 is 10.1 Å². The Kier molecular flexibility index (Phi) is 5.68. The van der Waals surface area contributed by atoms with Gasteiger partial charge in [-0.3, -0.25) is 19.5 Å². The number of carbonyl (C=O) groups excluding carboxylic acids is 2. The number of hydrogen-bond acceptors (Lipinski definition) is 5. The molecule has 1 aliphatic rings. The Morgan fingerprint density at radius 2 is 1.74 bits per heavy atom. The normalized spacial score (nSPS) is 13.7. The van der Waals surface area contributed by atoms with E-state index in [9.17, 15) is 14.0 Å². The zero-order valence-corrected chi connectivity index (χ0v) is 17.2. The van der Waals surface area contributed by atoms with Crippen LogP contribution >= 0.6 is 11.6 Å². The summed E-state index contributed by atoms with van der Waals surface area (Å²) in [5, 5.41) is 3.44. The van der Waals surface area contributed by atoms with Gasteiger partial charge in [-0.25, -0.2) is 4.39 Å². The summed E-state index contributed by atoms with van der Waals surface area (Å²) in [7, 11) is 1.49. The first-order valence-electron chi connectivity index (χ1n) is 9.34. The molecular formula is C23H17ClFN3O3. The summed E-state index contributed by atoms with van der Waals surface area (Å²) < 4.78 is 18.8. The Morgan fingerprint density at radius 3 is 2.42 bits per heavy atom. The van der Waals surface area contributed by atoms with Crippen molar-refractivity contribution < 1.29 is 18.7 Å². The van der Waals surface area contributed by atoms with Crippen LogP contribution in [0.15, 0.2) is 72.7 Å². The lowest BCUT2D eigenvalue weighted by Crippen LogP contribution is -2.32. The van der Waals surface area contributed by atoms with Gasteiger partial charge in [0, 0.05) is 17.4 Å². The minimum Gasteiger partial charge on any atom is -0.495 e. The highest BCUT2D eigenvalue weighted by molar-refractivity contribution is 6.36. The van der Waals surface area contributed by atoms with Crippen molar-refractivity contribution in [1.82, 2.24) is 9.88 Å². The predicted molar refractivity (Wildman–Crippen MR) is 115 cm³/mol. The van der Waals surface area contributed by atoms with Gasteiger partial charge in [-0.15, -0.1) is 0 Å². The summed E-state index contributed by atoms with van der Waals surface area (Å²) in [5.74, 6) is -0.996. The number of pyridine rings is 1. The van der Waals surface area contributed by atoms with Crippen molar-refractivity contribution in [3.05, 3.63) is 94.7 Å². The fourth-order valence-electron chi connectivity index (χ4n) is 3.30. The summed E-state index contributed by atoms with van der Waals surface area (Å²) in [6.07, 6.45) is 3.18. The summed E-state index contributed by atoms with van der Waals surface area (Å²) >= 11 is 6.11. The number of anilines is 1. The SMILES string of the molecule is COc1ccc(Cl)cc1NC1=C(c2ccc(F)cc2)C(=O)N(Cc2ccncc2)C1=O. The second kappa shape index (κ2) is 8.57. The Hall–Kier alpha value is -3.71. The van der Waals surface area contributed by atoms with Crippen molar-refractivity contribution in [1.29, 1.82) is 0 Å². The van der Waals surface area contributed by atoms with E-state index in [1.54, 1.807) is 42.7 Å². The van der Waals surface area contributed by atoms with Crippen molar-refractivity contribution in [3.8, 4) is 5.75 Å². The van der Waals surface area contributed by atoms with E-state index >= 15 is 0 Å². The van der Waals surface area contributed by atoms with E-state index in [-0.39, 0.29) is 17.8 Å². The summed E-state index contributed by atoms with van der Waals surface area (Å²) in [5.41, 5.74) is 1.79. The largest absolute Gasteiger partial charge is 0.495 e. The van der Waals surface area contributed by atoms with Gasteiger partial charge >= 0.3 is 0 Å². The molecule has 0 aliphatic carbocycles. The van der Waals surface area contributed by atoms with Crippen LogP contribution < -0.4 is 10.1 Å². The van der Waals surface area contributed by atoms with Gasteiger partial charge in [0.15, 0.2) is 0 Å². The monoisotopic (exact) mass is 437 g/mol. The number of methoxy groups -OCH3 is 1. The fourth-order valence-corrected chi connectivity index (χ4v) is 3.48. The van der Waals surface area contributed by atoms with Crippen LogP contribution in [0.25, 0.3) is 5.57 Å². The molecule has 0 unspecified atom stereocenters. The molecule has 31 heavy (non-hydrogen) atoms. The third kappa shape index (κ3) is 4.13. The van der Waals surface area contributed by atoms with Crippen LogP contribution in [-0.4, -0.2) is 28.8 Å². The molecule has 0 saturated carbocycles. The summed E-state index contributed by atoms with van der Waals surface area (Å²) in [6.45, 7) is 0.0722. The number of benzene rings is 2. The van der Waals surface area contributed by atoms with Crippen molar-refractivity contribution in [2.75, 3.05) is 12.4 Å². The molecule has 0 saturated heterocycles. The lowest BCUT2D eigenvalue weighted by molar-refractivity contribution is -0.137. The molecule has 1 aliphatic heterocycles. The molecule has 4 rings (SSSR count). The molecule has 2 aromatic carbocycles. The number of halogens is 2. The number of imide groups is 1. The zero-order chi connectivity index (χ0) is 22.0. The van der Waals surface area contributed by atoms with Crippen LogP contribution in [0.1, 0.15) is 11.1 Å². The van der Waals surface area contributed by atoms with E-state index in [0.29, 0.717) is 22.0 Å². The van der Waals surface area contributed by atoms with Crippen molar-refractivity contribution in [2.45, 2.75) is 6.54 Å². The molecule has 3 aromatic rings. The zero-order valence-electron chi connectivity index (χ0n) is 16.4. The number of aromatic nitrogens is 1. The van der Waals surface area contributed by atoms with E-state index in [0.717, 1.165) is 10.5 Å². The standard InChI is InChI=1S/C23H17ClFN3O3/c1-31-19-7-4-16(24)12-18(19)27-21-20(15-2-5-17(25)6-3-15)22(29)28(23(21)30)13-14-8-10-26-11-9-14/h2-12,27H,13H2,1H3. The van der Waals surface area contributed by atoms with Crippen LogP contribution in [0.4, 0.5) is 10.1 Å². The van der Waals surface area contributed by atoms with Gasteiger partial charge in [-0.05, 0) is 53.6 Å². The molecule has 2 heterocycles. The minimum absolute atomic E-state index is 0.0613. The summed E-state index contributed by atoms with van der Waals surface area (Å²) in [6, 6.07) is 13.8. The van der Waals surface area contributed by atoms with Crippen LogP contribution in [0.2, 0.25) is 5.02 Å². The average Bonchev–Trinajstić information content (AvgIpc) is 3.00. The number of ether oxygens (including phenoxy) is 1. The quantitative estimate of drug-likeness (QED) is 0.583. The molecule has 1 N–H and O–H groups in total. The van der Waals surface area contributed by atoms with E-state index in [2.05, 4.69) is 10.3 Å². The van der Waals surface area contributed by atoms with E-state index in [1.165, 1.54) is 31.4 Å². The molecule has 0 bridgehead atoms. The molecule has 156 valence electrons.